The van der Waals surface area contributed by atoms with Crippen molar-refractivity contribution >= 4 is 5.91 Å². The number of hydrogen-bond donors (Lipinski definition) is 3. The molecule has 1 atom stereocenters. The van der Waals surface area contributed by atoms with Crippen LogP contribution in [-0.4, -0.2) is 31.1 Å². The van der Waals surface area contributed by atoms with Crippen molar-refractivity contribution in [2.45, 2.75) is 32.9 Å². The Bertz CT molecular complexity index is 136. The smallest absolute Gasteiger partial charge is 0.237 e. The SMILES string of the molecule is CC(C)NC(=O)C(C)NCCN. The van der Waals surface area contributed by atoms with Crippen LogP contribution in [0.15, 0.2) is 0 Å². The second-order valence-electron chi connectivity index (χ2n) is 3.13. The molecule has 0 aliphatic carbocycles. The molecule has 0 aromatic rings. The van der Waals surface area contributed by atoms with Gasteiger partial charge in [-0.05, 0) is 20.8 Å². The second-order valence-corrected chi connectivity index (χ2v) is 3.13. The number of carbonyl (C=O) groups excluding carboxylic acids is 1. The van der Waals surface area contributed by atoms with E-state index in [1.165, 1.54) is 0 Å². The molecule has 12 heavy (non-hydrogen) atoms. The number of rotatable bonds is 5. The summed E-state index contributed by atoms with van der Waals surface area (Å²) in [5.41, 5.74) is 5.28. The number of carbonyl (C=O) groups is 1. The first-order chi connectivity index (χ1) is 5.57. The minimum absolute atomic E-state index is 0.0263. The molecule has 0 aromatic carbocycles. The predicted molar refractivity (Wildman–Crippen MR) is 49.8 cm³/mol. The summed E-state index contributed by atoms with van der Waals surface area (Å²) in [7, 11) is 0. The zero-order valence-corrected chi connectivity index (χ0v) is 8.05. The molecule has 4 N–H and O–H groups in total. The van der Waals surface area contributed by atoms with Crippen LogP contribution >= 0.6 is 0 Å². The van der Waals surface area contributed by atoms with E-state index in [9.17, 15) is 4.79 Å². The van der Waals surface area contributed by atoms with Crippen molar-refractivity contribution in [3.8, 4) is 0 Å². The molecule has 0 aliphatic rings. The van der Waals surface area contributed by atoms with Crippen molar-refractivity contribution in [2.24, 2.45) is 5.73 Å². The summed E-state index contributed by atoms with van der Waals surface area (Å²) in [5, 5.41) is 5.81. The van der Waals surface area contributed by atoms with E-state index < -0.39 is 0 Å². The molecule has 4 nitrogen and oxygen atoms in total. The van der Waals surface area contributed by atoms with Crippen molar-refractivity contribution in [1.82, 2.24) is 10.6 Å². The van der Waals surface area contributed by atoms with Gasteiger partial charge in [-0.25, -0.2) is 0 Å². The summed E-state index contributed by atoms with van der Waals surface area (Å²) < 4.78 is 0. The lowest BCUT2D eigenvalue weighted by Gasteiger charge is -2.15. The summed E-state index contributed by atoms with van der Waals surface area (Å²) in [6.45, 7) is 6.93. The molecule has 0 bridgehead atoms. The molecule has 0 saturated heterocycles. The van der Waals surface area contributed by atoms with Gasteiger partial charge in [-0.1, -0.05) is 0 Å². The molecule has 4 heteroatoms. The van der Waals surface area contributed by atoms with Crippen molar-refractivity contribution in [1.29, 1.82) is 0 Å². The van der Waals surface area contributed by atoms with Gasteiger partial charge in [-0.15, -0.1) is 0 Å². The summed E-state index contributed by atoms with van der Waals surface area (Å²) in [6, 6.07) is 0.0376. The fourth-order valence-corrected chi connectivity index (χ4v) is 0.802. The maximum atomic E-state index is 11.2. The predicted octanol–water partition coefficient (Wildman–Crippen LogP) is -0.552. The van der Waals surface area contributed by atoms with Gasteiger partial charge in [0.15, 0.2) is 0 Å². The standard InChI is InChI=1S/C8H19N3O/c1-6(2)11-8(12)7(3)10-5-4-9/h6-7,10H,4-5,9H2,1-3H3,(H,11,12). The van der Waals surface area contributed by atoms with E-state index in [-0.39, 0.29) is 18.0 Å². The Morgan fingerprint density at radius 1 is 1.42 bits per heavy atom. The van der Waals surface area contributed by atoms with Gasteiger partial charge in [0, 0.05) is 19.1 Å². The molecule has 0 spiro atoms. The van der Waals surface area contributed by atoms with E-state index in [0.717, 1.165) is 0 Å². The lowest BCUT2D eigenvalue weighted by molar-refractivity contribution is -0.123. The molecule has 0 saturated carbocycles. The molecule has 0 heterocycles. The molecule has 0 rings (SSSR count). The van der Waals surface area contributed by atoms with Gasteiger partial charge in [-0.3, -0.25) is 4.79 Å². The fourth-order valence-electron chi connectivity index (χ4n) is 0.802. The number of hydrogen-bond acceptors (Lipinski definition) is 3. The lowest BCUT2D eigenvalue weighted by atomic mass is 10.3. The van der Waals surface area contributed by atoms with Crippen LogP contribution in [0.2, 0.25) is 0 Å². The molecule has 0 aliphatic heterocycles. The molecule has 72 valence electrons. The van der Waals surface area contributed by atoms with Gasteiger partial charge in [-0.2, -0.15) is 0 Å². The van der Waals surface area contributed by atoms with Crippen LogP contribution in [0, 0.1) is 0 Å². The van der Waals surface area contributed by atoms with Crippen LogP contribution in [0.3, 0.4) is 0 Å². The number of amides is 1. The maximum Gasteiger partial charge on any atom is 0.237 e. The highest BCUT2D eigenvalue weighted by atomic mass is 16.2. The normalized spacial score (nSPS) is 13.1. The molecular formula is C8H19N3O. The first kappa shape index (κ1) is 11.4. The first-order valence-corrected chi connectivity index (χ1v) is 4.31. The van der Waals surface area contributed by atoms with Gasteiger partial charge in [0.2, 0.25) is 5.91 Å². The van der Waals surface area contributed by atoms with Crippen LogP contribution in [-0.2, 0) is 4.79 Å². The third kappa shape index (κ3) is 5.09. The highest BCUT2D eigenvalue weighted by molar-refractivity contribution is 5.81. The van der Waals surface area contributed by atoms with Crippen molar-refractivity contribution in [3.05, 3.63) is 0 Å². The molecule has 1 unspecified atom stereocenters. The Hall–Kier alpha value is -0.610. The molecule has 0 aromatic heterocycles. The van der Waals surface area contributed by atoms with Crippen LogP contribution in [0.4, 0.5) is 0 Å². The summed E-state index contributed by atoms with van der Waals surface area (Å²) >= 11 is 0. The van der Waals surface area contributed by atoms with E-state index >= 15 is 0 Å². The average molecular weight is 173 g/mol. The van der Waals surface area contributed by atoms with Crippen molar-refractivity contribution < 1.29 is 4.79 Å². The Kier molecular flexibility index (Phi) is 5.66. The summed E-state index contributed by atoms with van der Waals surface area (Å²) in [6.07, 6.45) is 0. The largest absolute Gasteiger partial charge is 0.353 e. The fraction of sp³-hybridized carbons (Fsp3) is 0.875. The zero-order chi connectivity index (χ0) is 9.56. The van der Waals surface area contributed by atoms with Gasteiger partial charge in [0.05, 0.1) is 6.04 Å². The number of nitrogens with two attached hydrogens (primary N) is 1. The van der Waals surface area contributed by atoms with E-state index in [2.05, 4.69) is 10.6 Å². The van der Waals surface area contributed by atoms with Gasteiger partial charge in [0.25, 0.3) is 0 Å². The highest BCUT2D eigenvalue weighted by Crippen LogP contribution is 1.83. The molecular weight excluding hydrogens is 154 g/mol. The van der Waals surface area contributed by atoms with E-state index in [0.29, 0.717) is 13.1 Å². The Morgan fingerprint density at radius 2 is 2.00 bits per heavy atom. The van der Waals surface area contributed by atoms with Crippen LogP contribution in [0.1, 0.15) is 20.8 Å². The van der Waals surface area contributed by atoms with Gasteiger partial charge < -0.3 is 16.4 Å². The third-order valence-corrected chi connectivity index (χ3v) is 1.42. The van der Waals surface area contributed by atoms with Crippen LogP contribution < -0.4 is 16.4 Å². The molecule has 1 amide bonds. The Morgan fingerprint density at radius 3 is 2.42 bits per heavy atom. The molecule has 0 fully saturated rings. The van der Waals surface area contributed by atoms with E-state index in [4.69, 9.17) is 5.73 Å². The van der Waals surface area contributed by atoms with Crippen molar-refractivity contribution in [2.75, 3.05) is 13.1 Å². The Labute approximate surface area is 73.9 Å². The minimum atomic E-state index is -0.157. The van der Waals surface area contributed by atoms with Crippen LogP contribution in [0.25, 0.3) is 0 Å². The summed E-state index contributed by atoms with van der Waals surface area (Å²) in [4.78, 5) is 11.2. The number of nitrogens with one attached hydrogen (secondary N) is 2. The Balaban J connectivity index is 3.61. The first-order valence-electron chi connectivity index (χ1n) is 4.31. The summed E-state index contributed by atoms with van der Waals surface area (Å²) in [5.74, 6) is 0.0263. The quantitative estimate of drug-likeness (QED) is 0.522. The topological polar surface area (TPSA) is 67.2 Å². The zero-order valence-electron chi connectivity index (χ0n) is 8.05. The van der Waals surface area contributed by atoms with Crippen molar-refractivity contribution in [3.63, 3.8) is 0 Å². The van der Waals surface area contributed by atoms with Gasteiger partial charge in [0.1, 0.15) is 0 Å². The maximum absolute atomic E-state index is 11.2. The minimum Gasteiger partial charge on any atom is -0.353 e. The monoisotopic (exact) mass is 173 g/mol. The van der Waals surface area contributed by atoms with E-state index in [1.807, 2.05) is 20.8 Å². The second kappa shape index (κ2) is 5.97. The lowest BCUT2D eigenvalue weighted by Crippen LogP contribution is -2.45. The van der Waals surface area contributed by atoms with Crippen LogP contribution in [0.5, 0.6) is 0 Å². The van der Waals surface area contributed by atoms with Gasteiger partial charge >= 0.3 is 0 Å². The highest BCUT2D eigenvalue weighted by Gasteiger charge is 2.11. The molecule has 0 radical (unpaired) electrons. The third-order valence-electron chi connectivity index (χ3n) is 1.42. The van der Waals surface area contributed by atoms with E-state index in [1.54, 1.807) is 0 Å². The average Bonchev–Trinajstić information content (AvgIpc) is 1.98.